The summed E-state index contributed by atoms with van der Waals surface area (Å²) < 4.78 is 0. The van der Waals surface area contributed by atoms with E-state index in [0.717, 1.165) is 17.3 Å². The van der Waals surface area contributed by atoms with E-state index in [0.29, 0.717) is 0 Å². The third-order valence-electron chi connectivity index (χ3n) is 3.54. The Morgan fingerprint density at radius 1 is 1.55 bits per heavy atom. The molecule has 64 valence electrons. The standard InChI is InChI=1S/C10H19N/c1-8(2)5-10-4-3-9(10)6-11-7-10/h8-9,11H,3-7H2,1-2H3. The van der Waals surface area contributed by atoms with Crippen LogP contribution in [0.5, 0.6) is 0 Å². The van der Waals surface area contributed by atoms with Crippen molar-refractivity contribution in [2.45, 2.75) is 33.1 Å². The van der Waals surface area contributed by atoms with Gasteiger partial charge >= 0.3 is 0 Å². The lowest BCUT2D eigenvalue weighted by molar-refractivity contribution is 0.0595. The third kappa shape index (κ3) is 1.10. The third-order valence-corrected chi connectivity index (χ3v) is 3.54. The van der Waals surface area contributed by atoms with Crippen molar-refractivity contribution in [1.82, 2.24) is 5.32 Å². The van der Waals surface area contributed by atoms with Crippen LogP contribution >= 0.6 is 0 Å². The molecule has 2 unspecified atom stereocenters. The highest BCUT2D eigenvalue weighted by Gasteiger charge is 2.49. The van der Waals surface area contributed by atoms with Crippen LogP contribution in [0.2, 0.25) is 0 Å². The van der Waals surface area contributed by atoms with Gasteiger partial charge in [-0.15, -0.1) is 0 Å². The van der Waals surface area contributed by atoms with Crippen LogP contribution in [0.4, 0.5) is 0 Å². The van der Waals surface area contributed by atoms with Gasteiger partial charge in [0.2, 0.25) is 0 Å². The van der Waals surface area contributed by atoms with E-state index in [4.69, 9.17) is 0 Å². The zero-order valence-corrected chi connectivity index (χ0v) is 7.69. The Bertz CT molecular complexity index is 153. The van der Waals surface area contributed by atoms with Crippen molar-refractivity contribution in [3.8, 4) is 0 Å². The van der Waals surface area contributed by atoms with Crippen LogP contribution in [0.3, 0.4) is 0 Å². The average Bonchev–Trinajstić information content (AvgIpc) is 2.13. The molecule has 0 aromatic carbocycles. The fraction of sp³-hybridized carbons (Fsp3) is 1.00. The van der Waals surface area contributed by atoms with Gasteiger partial charge in [-0.05, 0) is 43.1 Å². The van der Waals surface area contributed by atoms with Gasteiger partial charge in [0.25, 0.3) is 0 Å². The predicted molar refractivity (Wildman–Crippen MR) is 47.5 cm³/mol. The Morgan fingerprint density at radius 2 is 2.36 bits per heavy atom. The molecule has 11 heavy (non-hydrogen) atoms. The number of fused-ring (bicyclic) bond motifs is 1. The molecule has 1 N–H and O–H groups in total. The number of hydrogen-bond acceptors (Lipinski definition) is 1. The molecule has 0 spiro atoms. The molecule has 2 fully saturated rings. The first-order chi connectivity index (χ1) is 5.23. The van der Waals surface area contributed by atoms with Crippen molar-refractivity contribution >= 4 is 0 Å². The van der Waals surface area contributed by atoms with Crippen molar-refractivity contribution in [2.75, 3.05) is 13.1 Å². The quantitative estimate of drug-likeness (QED) is 0.640. The topological polar surface area (TPSA) is 12.0 Å². The Hall–Kier alpha value is -0.0400. The van der Waals surface area contributed by atoms with Gasteiger partial charge < -0.3 is 5.32 Å². The minimum absolute atomic E-state index is 0.744. The Labute approximate surface area is 69.6 Å². The lowest BCUT2D eigenvalue weighted by Crippen LogP contribution is -2.40. The van der Waals surface area contributed by atoms with E-state index < -0.39 is 0 Å². The molecular weight excluding hydrogens is 134 g/mol. The molecular formula is C10H19N. The highest BCUT2D eigenvalue weighted by molar-refractivity contribution is 5.02. The van der Waals surface area contributed by atoms with Crippen molar-refractivity contribution in [3.63, 3.8) is 0 Å². The van der Waals surface area contributed by atoms with Crippen LogP contribution < -0.4 is 5.32 Å². The molecule has 0 aromatic heterocycles. The zero-order chi connectivity index (χ0) is 7.90. The summed E-state index contributed by atoms with van der Waals surface area (Å²) in [4.78, 5) is 0. The summed E-state index contributed by atoms with van der Waals surface area (Å²) >= 11 is 0. The smallest absolute Gasteiger partial charge is 0.00112 e. The van der Waals surface area contributed by atoms with Crippen molar-refractivity contribution in [1.29, 1.82) is 0 Å². The highest BCUT2D eigenvalue weighted by atomic mass is 15.0. The van der Waals surface area contributed by atoms with Gasteiger partial charge in [-0.1, -0.05) is 13.8 Å². The lowest BCUT2D eigenvalue weighted by atomic mass is 9.59. The van der Waals surface area contributed by atoms with E-state index in [9.17, 15) is 0 Å². The Morgan fingerprint density at radius 3 is 2.82 bits per heavy atom. The molecule has 0 radical (unpaired) electrons. The molecule has 1 heterocycles. The molecule has 1 aliphatic carbocycles. The summed E-state index contributed by atoms with van der Waals surface area (Å²) in [6, 6.07) is 0. The maximum absolute atomic E-state index is 3.53. The highest BCUT2D eigenvalue weighted by Crippen LogP contribution is 2.52. The molecule has 1 nitrogen and oxygen atoms in total. The molecule has 1 saturated carbocycles. The summed E-state index contributed by atoms with van der Waals surface area (Å²) in [5, 5.41) is 3.53. The molecule has 0 amide bonds. The second-order valence-corrected chi connectivity index (χ2v) is 4.83. The van der Waals surface area contributed by atoms with Gasteiger partial charge in [-0.25, -0.2) is 0 Å². The summed E-state index contributed by atoms with van der Waals surface area (Å²) in [7, 11) is 0. The van der Waals surface area contributed by atoms with Crippen molar-refractivity contribution in [2.24, 2.45) is 17.3 Å². The monoisotopic (exact) mass is 153 g/mol. The first-order valence-electron chi connectivity index (χ1n) is 4.94. The molecule has 2 atom stereocenters. The SMILES string of the molecule is CC(C)CC12CCC1CNC2. The first-order valence-corrected chi connectivity index (χ1v) is 4.94. The maximum Gasteiger partial charge on any atom is 0.00112 e. The zero-order valence-electron chi connectivity index (χ0n) is 7.69. The summed E-state index contributed by atoms with van der Waals surface area (Å²) in [6.45, 7) is 7.30. The van der Waals surface area contributed by atoms with Gasteiger partial charge in [0, 0.05) is 6.54 Å². The van der Waals surface area contributed by atoms with Gasteiger partial charge in [0.1, 0.15) is 0 Å². The number of rotatable bonds is 2. The fourth-order valence-electron chi connectivity index (χ4n) is 2.96. The van der Waals surface area contributed by atoms with Gasteiger partial charge in [0.05, 0.1) is 0 Å². The van der Waals surface area contributed by atoms with Gasteiger partial charge in [-0.3, -0.25) is 0 Å². The molecule has 1 saturated heterocycles. The van der Waals surface area contributed by atoms with E-state index in [2.05, 4.69) is 19.2 Å². The van der Waals surface area contributed by atoms with Crippen molar-refractivity contribution in [3.05, 3.63) is 0 Å². The van der Waals surface area contributed by atoms with Gasteiger partial charge in [-0.2, -0.15) is 0 Å². The van der Waals surface area contributed by atoms with Crippen LogP contribution in [-0.2, 0) is 0 Å². The minimum Gasteiger partial charge on any atom is -0.316 e. The normalized spacial score (nSPS) is 42.3. The van der Waals surface area contributed by atoms with Crippen LogP contribution in [0.25, 0.3) is 0 Å². The average molecular weight is 153 g/mol. The van der Waals surface area contributed by atoms with Crippen LogP contribution in [0, 0.1) is 17.3 Å². The maximum atomic E-state index is 3.53. The van der Waals surface area contributed by atoms with E-state index in [1.165, 1.54) is 32.4 Å². The van der Waals surface area contributed by atoms with Crippen molar-refractivity contribution < 1.29 is 0 Å². The summed E-state index contributed by atoms with van der Waals surface area (Å²) in [6.07, 6.45) is 4.42. The molecule has 0 aromatic rings. The van der Waals surface area contributed by atoms with Crippen LogP contribution in [0.1, 0.15) is 33.1 Å². The second-order valence-electron chi connectivity index (χ2n) is 4.83. The molecule has 2 aliphatic rings. The van der Waals surface area contributed by atoms with Gasteiger partial charge in [0.15, 0.2) is 0 Å². The van der Waals surface area contributed by atoms with E-state index >= 15 is 0 Å². The lowest BCUT2D eigenvalue weighted by Gasteiger charge is -2.45. The Balaban J connectivity index is 1.98. The molecule has 1 heteroatoms. The Kier molecular flexibility index (Phi) is 1.71. The number of hydrogen-bond donors (Lipinski definition) is 1. The predicted octanol–water partition coefficient (Wildman–Crippen LogP) is 2.03. The first kappa shape index (κ1) is 7.60. The fourth-order valence-corrected chi connectivity index (χ4v) is 2.96. The largest absolute Gasteiger partial charge is 0.316 e. The molecule has 0 bridgehead atoms. The molecule has 1 aliphatic heterocycles. The molecule has 2 rings (SSSR count). The second kappa shape index (κ2) is 2.48. The summed E-state index contributed by atoms with van der Waals surface area (Å²) in [5.41, 5.74) is 0.744. The minimum atomic E-state index is 0.744. The van der Waals surface area contributed by atoms with Crippen LogP contribution in [0.15, 0.2) is 0 Å². The van der Waals surface area contributed by atoms with E-state index in [-0.39, 0.29) is 0 Å². The number of nitrogens with one attached hydrogen (secondary N) is 1. The summed E-state index contributed by atoms with van der Waals surface area (Å²) in [5.74, 6) is 1.92. The van der Waals surface area contributed by atoms with Crippen LogP contribution in [-0.4, -0.2) is 13.1 Å². The van der Waals surface area contributed by atoms with E-state index in [1.54, 1.807) is 0 Å². The van der Waals surface area contributed by atoms with E-state index in [1.807, 2.05) is 0 Å².